The van der Waals surface area contributed by atoms with E-state index in [4.69, 9.17) is 4.42 Å². The lowest BCUT2D eigenvalue weighted by molar-refractivity contribution is -0.384. The monoisotopic (exact) mass is 348 g/mol. The lowest BCUT2D eigenvalue weighted by atomic mass is 10.2. The third-order valence-electron chi connectivity index (χ3n) is 3.75. The van der Waals surface area contributed by atoms with Gasteiger partial charge >= 0.3 is 0 Å². The Kier molecular flexibility index (Phi) is 4.79. The van der Waals surface area contributed by atoms with Crippen LogP contribution in [0.15, 0.2) is 33.9 Å². The maximum atomic E-state index is 11.9. The molecule has 1 heterocycles. The second kappa shape index (κ2) is 7.00. The number of carbonyl (C=O) groups excluding carboxylic acids is 1. The van der Waals surface area contributed by atoms with Gasteiger partial charge in [0.05, 0.1) is 10.7 Å². The molecule has 3 rings (SSSR count). The van der Waals surface area contributed by atoms with Crippen LogP contribution in [0.25, 0.3) is 11.5 Å². The zero-order valence-electron chi connectivity index (χ0n) is 13.0. The average molecular weight is 348 g/mol. The molecule has 0 bridgehead atoms. The van der Waals surface area contributed by atoms with Gasteiger partial charge in [-0.15, -0.1) is 10.2 Å². The molecule has 126 valence electrons. The molecule has 9 heteroatoms. The van der Waals surface area contributed by atoms with Gasteiger partial charge in [0.15, 0.2) is 0 Å². The highest BCUT2D eigenvalue weighted by atomic mass is 32.2. The Labute approximate surface area is 142 Å². The summed E-state index contributed by atoms with van der Waals surface area (Å²) in [5, 5.41) is 21.7. The van der Waals surface area contributed by atoms with Crippen molar-refractivity contribution in [3.8, 4) is 11.5 Å². The molecule has 1 aliphatic rings. The smallest absolute Gasteiger partial charge is 0.277 e. The fourth-order valence-electron chi connectivity index (χ4n) is 2.27. The molecule has 1 saturated carbocycles. The van der Waals surface area contributed by atoms with Crippen LogP contribution in [-0.4, -0.2) is 32.8 Å². The number of benzene rings is 1. The SMILES string of the molecule is C[C@@H](NC(=O)CSc1nnc(-c2cccc([N+](=O)[O-])c2)o1)C1CC1. The first kappa shape index (κ1) is 16.4. The summed E-state index contributed by atoms with van der Waals surface area (Å²) >= 11 is 1.14. The molecule has 0 spiro atoms. The van der Waals surface area contributed by atoms with E-state index in [0.717, 1.165) is 11.8 Å². The zero-order chi connectivity index (χ0) is 17.1. The zero-order valence-corrected chi connectivity index (χ0v) is 13.8. The maximum Gasteiger partial charge on any atom is 0.277 e. The van der Waals surface area contributed by atoms with Gasteiger partial charge in [-0.1, -0.05) is 17.8 Å². The number of nitro groups is 1. The molecule has 0 unspecified atom stereocenters. The molecular weight excluding hydrogens is 332 g/mol. The second-order valence-electron chi connectivity index (χ2n) is 5.66. The molecule has 1 aromatic carbocycles. The van der Waals surface area contributed by atoms with Crippen molar-refractivity contribution < 1.29 is 14.1 Å². The van der Waals surface area contributed by atoms with Crippen molar-refractivity contribution >= 4 is 23.4 Å². The normalized spacial score (nSPS) is 15.0. The fourth-order valence-corrected chi connectivity index (χ4v) is 2.85. The number of amides is 1. The number of aromatic nitrogens is 2. The average Bonchev–Trinajstić information content (AvgIpc) is 3.31. The van der Waals surface area contributed by atoms with Crippen LogP contribution in [0.4, 0.5) is 5.69 Å². The van der Waals surface area contributed by atoms with Crippen LogP contribution < -0.4 is 5.32 Å². The van der Waals surface area contributed by atoms with Gasteiger partial charge in [-0.3, -0.25) is 14.9 Å². The van der Waals surface area contributed by atoms with Crippen LogP contribution >= 0.6 is 11.8 Å². The summed E-state index contributed by atoms with van der Waals surface area (Å²) in [6.45, 7) is 2.01. The number of nitrogens with one attached hydrogen (secondary N) is 1. The molecule has 1 N–H and O–H groups in total. The highest BCUT2D eigenvalue weighted by molar-refractivity contribution is 7.99. The van der Waals surface area contributed by atoms with E-state index in [9.17, 15) is 14.9 Å². The fraction of sp³-hybridized carbons (Fsp3) is 0.400. The lowest BCUT2D eigenvalue weighted by Gasteiger charge is -2.11. The van der Waals surface area contributed by atoms with E-state index < -0.39 is 4.92 Å². The van der Waals surface area contributed by atoms with E-state index in [1.807, 2.05) is 6.92 Å². The number of rotatable bonds is 7. The number of carbonyl (C=O) groups is 1. The number of nitro benzene ring substituents is 1. The van der Waals surface area contributed by atoms with Crippen molar-refractivity contribution in [3.63, 3.8) is 0 Å². The molecule has 1 aromatic heterocycles. The minimum atomic E-state index is -0.485. The highest BCUT2D eigenvalue weighted by Crippen LogP contribution is 2.32. The van der Waals surface area contributed by atoms with E-state index in [1.54, 1.807) is 12.1 Å². The molecule has 0 saturated heterocycles. The third-order valence-corrected chi connectivity index (χ3v) is 4.57. The van der Waals surface area contributed by atoms with Gasteiger partial charge in [-0.25, -0.2) is 0 Å². The Morgan fingerprint density at radius 3 is 3.00 bits per heavy atom. The molecule has 24 heavy (non-hydrogen) atoms. The summed E-state index contributed by atoms with van der Waals surface area (Å²) < 4.78 is 5.46. The van der Waals surface area contributed by atoms with Gasteiger partial charge in [0.2, 0.25) is 11.8 Å². The van der Waals surface area contributed by atoms with Gasteiger partial charge in [0.1, 0.15) is 0 Å². The first-order valence-electron chi connectivity index (χ1n) is 7.53. The molecule has 2 aromatic rings. The first-order valence-corrected chi connectivity index (χ1v) is 8.52. The lowest BCUT2D eigenvalue weighted by Crippen LogP contribution is -2.35. The second-order valence-corrected chi connectivity index (χ2v) is 6.59. The summed E-state index contributed by atoms with van der Waals surface area (Å²) in [5.74, 6) is 0.901. The molecule has 1 amide bonds. The molecule has 8 nitrogen and oxygen atoms in total. The topological polar surface area (TPSA) is 111 Å². The third kappa shape index (κ3) is 4.10. The molecule has 1 fully saturated rings. The van der Waals surface area contributed by atoms with Crippen molar-refractivity contribution in [1.29, 1.82) is 0 Å². The first-order chi connectivity index (χ1) is 11.5. The molecule has 1 aliphatic carbocycles. The van der Waals surface area contributed by atoms with E-state index in [1.165, 1.54) is 25.0 Å². The van der Waals surface area contributed by atoms with E-state index >= 15 is 0 Å². The number of hydrogen-bond acceptors (Lipinski definition) is 7. The minimum absolute atomic E-state index is 0.0478. The van der Waals surface area contributed by atoms with Crippen LogP contribution in [0, 0.1) is 16.0 Å². The largest absolute Gasteiger partial charge is 0.411 e. The minimum Gasteiger partial charge on any atom is -0.411 e. The van der Waals surface area contributed by atoms with Crippen molar-refractivity contribution in [2.45, 2.75) is 31.0 Å². The van der Waals surface area contributed by atoms with Crippen LogP contribution in [-0.2, 0) is 4.79 Å². The molecule has 0 aliphatic heterocycles. The van der Waals surface area contributed by atoms with Crippen LogP contribution in [0.2, 0.25) is 0 Å². The number of non-ortho nitro benzene ring substituents is 1. The molecular formula is C15H16N4O4S. The van der Waals surface area contributed by atoms with E-state index in [-0.39, 0.29) is 34.5 Å². The maximum absolute atomic E-state index is 11.9. The predicted molar refractivity (Wildman–Crippen MR) is 87.4 cm³/mol. The number of hydrogen-bond donors (Lipinski definition) is 1. The Morgan fingerprint density at radius 2 is 2.29 bits per heavy atom. The van der Waals surface area contributed by atoms with Gasteiger partial charge in [0.25, 0.3) is 10.9 Å². The predicted octanol–water partition coefficient (Wildman–Crippen LogP) is 2.65. The highest BCUT2D eigenvalue weighted by Gasteiger charge is 2.28. The Hall–Kier alpha value is -2.42. The van der Waals surface area contributed by atoms with Gasteiger partial charge in [-0.2, -0.15) is 0 Å². The standard InChI is InChI=1S/C15H16N4O4S/c1-9(10-5-6-10)16-13(20)8-24-15-18-17-14(23-15)11-3-2-4-12(7-11)19(21)22/h2-4,7,9-10H,5-6,8H2,1H3,(H,16,20)/t9-/m1/s1. The molecule has 1 atom stereocenters. The van der Waals surface area contributed by atoms with E-state index in [0.29, 0.717) is 11.5 Å². The quantitative estimate of drug-likeness (QED) is 0.465. The van der Waals surface area contributed by atoms with Gasteiger partial charge in [0, 0.05) is 23.7 Å². The van der Waals surface area contributed by atoms with Crippen LogP contribution in [0.5, 0.6) is 0 Å². The van der Waals surface area contributed by atoms with Crippen molar-refractivity contribution in [1.82, 2.24) is 15.5 Å². The Bertz CT molecular complexity index is 759. The van der Waals surface area contributed by atoms with Gasteiger partial charge in [-0.05, 0) is 31.7 Å². The van der Waals surface area contributed by atoms with Crippen molar-refractivity contribution in [2.24, 2.45) is 5.92 Å². The Balaban J connectivity index is 1.58. The summed E-state index contributed by atoms with van der Waals surface area (Å²) in [4.78, 5) is 22.2. The summed E-state index contributed by atoms with van der Waals surface area (Å²) in [6.07, 6.45) is 2.34. The summed E-state index contributed by atoms with van der Waals surface area (Å²) in [6, 6.07) is 6.16. The van der Waals surface area contributed by atoms with Crippen molar-refractivity contribution in [2.75, 3.05) is 5.75 Å². The van der Waals surface area contributed by atoms with Gasteiger partial charge < -0.3 is 9.73 Å². The number of thioether (sulfide) groups is 1. The molecule has 0 radical (unpaired) electrons. The Morgan fingerprint density at radius 1 is 1.50 bits per heavy atom. The van der Waals surface area contributed by atoms with E-state index in [2.05, 4.69) is 15.5 Å². The summed E-state index contributed by atoms with van der Waals surface area (Å²) in [7, 11) is 0. The summed E-state index contributed by atoms with van der Waals surface area (Å²) in [5.41, 5.74) is 0.420. The number of nitrogens with zero attached hydrogens (tertiary/aromatic N) is 3. The van der Waals surface area contributed by atoms with Crippen LogP contribution in [0.3, 0.4) is 0 Å². The van der Waals surface area contributed by atoms with Crippen molar-refractivity contribution in [3.05, 3.63) is 34.4 Å². The van der Waals surface area contributed by atoms with Crippen LogP contribution in [0.1, 0.15) is 19.8 Å².